The van der Waals surface area contributed by atoms with Crippen LogP contribution in [0.4, 0.5) is 23.1 Å². The second-order valence-electron chi connectivity index (χ2n) is 13.8. The average molecular weight is 658 g/mol. The molecule has 1 aromatic carbocycles. The summed E-state index contributed by atoms with van der Waals surface area (Å²) < 4.78 is 1.92. The first-order valence-electron chi connectivity index (χ1n) is 17.0. The third-order valence-electron chi connectivity index (χ3n) is 10.7. The highest BCUT2D eigenvalue weighted by Crippen LogP contribution is 2.57. The van der Waals surface area contributed by atoms with Gasteiger partial charge in [-0.2, -0.15) is 10.1 Å². The molecule has 4 aliphatic carbocycles. The molecule has 3 N–H and O–H groups in total. The molecule has 3 heterocycles. The number of piperazine rings is 1. The van der Waals surface area contributed by atoms with E-state index in [0.717, 1.165) is 80.6 Å². The van der Waals surface area contributed by atoms with E-state index in [2.05, 4.69) is 47.4 Å². The van der Waals surface area contributed by atoms with Gasteiger partial charge in [0.1, 0.15) is 5.02 Å². The fourth-order valence-electron chi connectivity index (χ4n) is 8.54. The van der Waals surface area contributed by atoms with Crippen molar-refractivity contribution in [3.8, 4) is 0 Å². The first-order valence-corrected chi connectivity index (χ1v) is 17.3. The molecule has 5 aliphatic rings. The molecule has 4 bridgehead atoms. The minimum Gasteiger partial charge on any atom is -0.365 e. The Bertz CT molecular complexity index is 1570. The lowest BCUT2D eigenvalue weighted by atomic mass is 9.51. The molecule has 8 rings (SSSR count). The molecule has 12 heteroatoms. The molecule has 248 valence electrons. The van der Waals surface area contributed by atoms with Gasteiger partial charge in [0.05, 0.1) is 24.6 Å². The summed E-state index contributed by atoms with van der Waals surface area (Å²) in [4.78, 5) is 38.3. The van der Waals surface area contributed by atoms with Crippen molar-refractivity contribution in [2.24, 2.45) is 29.6 Å². The quantitative estimate of drug-likeness (QED) is 0.221. The lowest BCUT2D eigenvalue weighted by Crippen LogP contribution is -2.51. The molecule has 0 unspecified atom stereocenters. The molecule has 1 saturated heterocycles. The number of carbonyl (C=O) groups excluding carboxylic acids is 2. The number of nitrogens with zero attached hydrogens (tertiary/aromatic N) is 6. The summed E-state index contributed by atoms with van der Waals surface area (Å²) in [5, 5.41) is 14.1. The Morgan fingerprint density at radius 1 is 0.979 bits per heavy atom. The summed E-state index contributed by atoms with van der Waals surface area (Å²) in [6.07, 6.45) is 14.2. The Balaban J connectivity index is 0.852. The van der Waals surface area contributed by atoms with Crippen LogP contribution in [0.3, 0.4) is 0 Å². The maximum atomic E-state index is 13.3. The van der Waals surface area contributed by atoms with Gasteiger partial charge in [-0.25, -0.2) is 4.98 Å². The highest BCUT2D eigenvalue weighted by atomic mass is 35.5. The predicted octanol–water partition coefficient (Wildman–Crippen LogP) is 5.41. The van der Waals surface area contributed by atoms with Crippen LogP contribution in [0, 0.1) is 29.6 Å². The number of benzene rings is 1. The topological polar surface area (TPSA) is 120 Å². The maximum absolute atomic E-state index is 13.3. The summed E-state index contributed by atoms with van der Waals surface area (Å²) in [6.45, 7) is 9.02. The van der Waals surface area contributed by atoms with Gasteiger partial charge < -0.3 is 20.9 Å². The van der Waals surface area contributed by atoms with Crippen LogP contribution in [0.1, 0.15) is 44.1 Å². The summed E-state index contributed by atoms with van der Waals surface area (Å²) in [6, 6.07) is 7.51. The maximum Gasteiger partial charge on any atom is 0.247 e. The zero-order chi connectivity index (χ0) is 32.3. The van der Waals surface area contributed by atoms with E-state index in [1.807, 2.05) is 35.1 Å². The summed E-state index contributed by atoms with van der Waals surface area (Å²) in [5.41, 5.74) is 2.41. The van der Waals surface area contributed by atoms with Gasteiger partial charge in [0, 0.05) is 57.6 Å². The molecule has 1 aliphatic heterocycles. The molecular formula is C35H44ClN9O2. The van der Waals surface area contributed by atoms with Gasteiger partial charge in [0.15, 0.2) is 5.82 Å². The third-order valence-corrected chi connectivity index (χ3v) is 11.0. The number of anilines is 4. The van der Waals surface area contributed by atoms with Crippen molar-refractivity contribution in [3.05, 3.63) is 66.1 Å². The molecule has 3 aromatic rings. The molecule has 2 amide bonds. The van der Waals surface area contributed by atoms with Crippen molar-refractivity contribution in [2.75, 3.05) is 48.7 Å². The second-order valence-corrected chi connectivity index (χ2v) is 14.2. The van der Waals surface area contributed by atoms with E-state index in [-0.39, 0.29) is 5.91 Å². The summed E-state index contributed by atoms with van der Waals surface area (Å²) >= 11 is 6.37. The first kappa shape index (κ1) is 31.6. The summed E-state index contributed by atoms with van der Waals surface area (Å²) in [5.74, 6) is 5.18. The number of rotatable bonds is 12. The largest absolute Gasteiger partial charge is 0.365 e. The van der Waals surface area contributed by atoms with Crippen LogP contribution in [-0.2, 0) is 22.7 Å². The van der Waals surface area contributed by atoms with Crippen molar-refractivity contribution in [1.29, 1.82) is 0 Å². The standard InChI is InChI=1S/C35H44ClN9O2/c1-2-32(46)40-28-5-3-4-23(17-28)19-37-34-31(36)21-38-35(42-34)41-29-20-39-45(22-29)11-8-43-6-9-44(10-7-43)33(47)18-30-26-13-24-12-25(15-26)16-27(30)14-24/h2-5,17,20-22,24-27,30H,1,6-16,18-19H2,(H,40,46)(H2,37,38,41,42)/t24-,25?,26-,27+,30?. The Labute approximate surface area is 281 Å². The van der Waals surface area contributed by atoms with Crippen molar-refractivity contribution >= 4 is 46.6 Å². The van der Waals surface area contributed by atoms with Crippen molar-refractivity contribution in [2.45, 2.75) is 51.6 Å². The van der Waals surface area contributed by atoms with Crippen LogP contribution in [0.2, 0.25) is 5.02 Å². The number of nitrogens with one attached hydrogen (secondary N) is 3. The van der Waals surface area contributed by atoms with Gasteiger partial charge in [-0.3, -0.25) is 19.2 Å². The van der Waals surface area contributed by atoms with Gasteiger partial charge in [-0.1, -0.05) is 30.3 Å². The second kappa shape index (κ2) is 14.0. The van der Waals surface area contributed by atoms with E-state index in [1.165, 1.54) is 38.2 Å². The number of halogens is 1. The van der Waals surface area contributed by atoms with Crippen LogP contribution < -0.4 is 16.0 Å². The third kappa shape index (κ3) is 7.62. The average Bonchev–Trinajstić information content (AvgIpc) is 3.52. The van der Waals surface area contributed by atoms with Gasteiger partial charge in [0.25, 0.3) is 0 Å². The van der Waals surface area contributed by atoms with Crippen LogP contribution >= 0.6 is 11.6 Å². The van der Waals surface area contributed by atoms with Gasteiger partial charge in [-0.05, 0) is 85.5 Å². The zero-order valence-electron chi connectivity index (χ0n) is 26.8. The molecule has 0 atom stereocenters. The van der Waals surface area contributed by atoms with E-state index in [9.17, 15) is 9.59 Å². The highest BCUT2D eigenvalue weighted by Gasteiger charge is 2.48. The molecule has 0 radical (unpaired) electrons. The van der Waals surface area contributed by atoms with Crippen LogP contribution in [0.5, 0.6) is 0 Å². The molecule has 47 heavy (non-hydrogen) atoms. The Kier molecular flexibility index (Phi) is 9.44. The smallest absolute Gasteiger partial charge is 0.247 e. The number of amides is 2. The molecule has 11 nitrogen and oxygen atoms in total. The van der Waals surface area contributed by atoms with E-state index in [4.69, 9.17) is 11.6 Å². The fraction of sp³-hybridized carbons (Fsp3) is 0.514. The molecule has 4 saturated carbocycles. The fourth-order valence-corrected chi connectivity index (χ4v) is 8.69. The Morgan fingerprint density at radius 2 is 1.74 bits per heavy atom. The van der Waals surface area contributed by atoms with E-state index >= 15 is 0 Å². The minimum atomic E-state index is -0.263. The van der Waals surface area contributed by atoms with Crippen molar-refractivity contribution in [3.63, 3.8) is 0 Å². The summed E-state index contributed by atoms with van der Waals surface area (Å²) in [7, 11) is 0. The SMILES string of the molecule is C=CC(=O)Nc1cccc(CNc2nc(Nc3cnn(CCN4CCN(C(=O)CC5[C@H]6CC7C[C@H](C6)C[C@H]5C7)CC4)c3)ncc2Cl)c1. The number of carbonyl (C=O) groups is 2. The van der Waals surface area contributed by atoms with Crippen LogP contribution in [0.25, 0.3) is 0 Å². The normalized spacial score (nSPS) is 25.0. The van der Waals surface area contributed by atoms with Crippen LogP contribution in [0.15, 0.2) is 55.5 Å². The number of aromatic nitrogens is 4. The van der Waals surface area contributed by atoms with Gasteiger partial charge in [-0.15, -0.1) is 0 Å². The molecule has 2 aromatic heterocycles. The Morgan fingerprint density at radius 3 is 2.49 bits per heavy atom. The first-order chi connectivity index (χ1) is 22.9. The Hall–Kier alpha value is -3.96. The highest BCUT2D eigenvalue weighted by molar-refractivity contribution is 6.32. The lowest BCUT2D eigenvalue weighted by molar-refractivity contribution is -0.138. The monoisotopic (exact) mass is 657 g/mol. The number of hydrogen-bond donors (Lipinski definition) is 3. The lowest BCUT2D eigenvalue weighted by Gasteiger charge is -2.54. The molecule has 0 spiro atoms. The van der Waals surface area contributed by atoms with E-state index in [0.29, 0.717) is 40.8 Å². The van der Waals surface area contributed by atoms with Crippen LogP contribution in [-0.4, -0.2) is 74.1 Å². The van der Waals surface area contributed by atoms with Gasteiger partial charge in [0.2, 0.25) is 17.8 Å². The van der Waals surface area contributed by atoms with E-state index in [1.54, 1.807) is 12.4 Å². The van der Waals surface area contributed by atoms with Gasteiger partial charge >= 0.3 is 0 Å². The predicted molar refractivity (Wildman–Crippen MR) is 183 cm³/mol. The van der Waals surface area contributed by atoms with E-state index < -0.39 is 0 Å². The van der Waals surface area contributed by atoms with Crippen molar-refractivity contribution < 1.29 is 9.59 Å². The zero-order valence-corrected chi connectivity index (χ0v) is 27.5. The number of hydrogen-bond acceptors (Lipinski definition) is 8. The van der Waals surface area contributed by atoms with Crippen molar-refractivity contribution in [1.82, 2.24) is 29.5 Å². The minimum absolute atomic E-state index is 0.263. The molecule has 5 fully saturated rings. The molecular weight excluding hydrogens is 614 g/mol.